The fourth-order valence-electron chi connectivity index (χ4n) is 3.73. The van der Waals surface area contributed by atoms with Gasteiger partial charge in [0, 0.05) is 24.1 Å². The van der Waals surface area contributed by atoms with E-state index in [9.17, 15) is 14.4 Å². The molecule has 1 aliphatic carbocycles. The van der Waals surface area contributed by atoms with E-state index < -0.39 is 0 Å². The number of allylic oxidation sites excluding steroid dienone is 4. The van der Waals surface area contributed by atoms with E-state index in [2.05, 4.69) is 10.6 Å². The molecule has 0 spiro atoms. The second kappa shape index (κ2) is 10.0. The lowest BCUT2D eigenvalue weighted by Gasteiger charge is -2.16. The van der Waals surface area contributed by atoms with Crippen LogP contribution in [0, 0.1) is 0 Å². The molecule has 0 radical (unpaired) electrons. The molecule has 0 aliphatic heterocycles. The SMILES string of the molecule is CC1=CC(C)=C(CCC(=O)c2ccc(C(C)NC(=O)Nc3ccccc3)cc2)C(=O)C1. The third kappa shape index (κ3) is 6.01. The molecule has 2 aromatic carbocycles. The first-order valence-electron chi connectivity index (χ1n) is 10.5. The van der Waals surface area contributed by atoms with Gasteiger partial charge in [-0.25, -0.2) is 4.79 Å². The maximum atomic E-state index is 12.6. The fraction of sp³-hybridized carbons (Fsp3) is 0.269. The number of carbonyl (C=O) groups excluding carboxylic acids is 3. The maximum Gasteiger partial charge on any atom is 0.319 e. The quantitative estimate of drug-likeness (QED) is 0.563. The van der Waals surface area contributed by atoms with Crippen molar-refractivity contribution in [1.29, 1.82) is 0 Å². The fourth-order valence-corrected chi connectivity index (χ4v) is 3.73. The van der Waals surface area contributed by atoms with Crippen molar-refractivity contribution >= 4 is 23.3 Å². The molecule has 31 heavy (non-hydrogen) atoms. The first-order chi connectivity index (χ1) is 14.8. The zero-order valence-electron chi connectivity index (χ0n) is 18.2. The molecule has 2 N–H and O–H groups in total. The number of urea groups is 1. The number of hydrogen-bond donors (Lipinski definition) is 2. The smallest absolute Gasteiger partial charge is 0.319 e. The zero-order chi connectivity index (χ0) is 22.4. The molecule has 1 aliphatic rings. The number of nitrogens with one attached hydrogen (secondary N) is 2. The summed E-state index contributed by atoms with van der Waals surface area (Å²) in [7, 11) is 0. The van der Waals surface area contributed by atoms with Crippen molar-refractivity contribution in [3.05, 3.63) is 88.5 Å². The van der Waals surface area contributed by atoms with Gasteiger partial charge in [0.25, 0.3) is 0 Å². The minimum atomic E-state index is -0.288. The second-order valence-corrected chi connectivity index (χ2v) is 7.98. The monoisotopic (exact) mass is 416 g/mol. The standard InChI is InChI=1S/C26H28N2O3/c1-17-15-18(2)23(25(30)16-17)13-14-24(29)21-11-9-20(10-12-21)19(3)27-26(31)28-22-7-5-4-6-8-22/h4-12,15,19H,13-14,16H2,1-3H3,(H2,27,28,31). The minimum Gasteiger partial charge on any atom is -0.331 e. The lowest BCUT2D eigenvalue weighted by Crippen LogP contribution is -2.31. The number of carbonyl (C=O) groups is 3. The van der Waals surface area contributed by atoms with Crippen LogP contribution in [-0.2, 0) is 4.79 Å². The molecule has 3 rings (SSSR count). The van der Waals surface area contributed by atoms with Crippen molar-refractivity contribution in [3.8, 4) is 0 Å². The van der Waals surface area contributed by atoms with Gasteiger partial charge in [0.15, 0.2) is 11.6 Å². The van der Waals surface area contributed by atoms with E-state index in [-0.39, 0.29) is 23.6 Å². The molecule has 5 heteroatoms. The van der Waals surface area contributed by atoms with Crippen molar-refractivity contribution in [2.75, 3.05) is 5.32 Å². The van der Waals surface area contributed by atoms with Crippen LogP contribution in [0.5, 0.6) is 0 Å². The van der Waals surface area contributed by atoms with Crippen LogP contribution in [0.4, 0.5) is 10.5 Å². The third-order valence-electron chi connectivity index (χ3n) is 5.43. The Hall–Kier alpha value is -3.47. The van der Waals surface area contributed by atoms with E-state index in [1.807, 2.05) is 69.3 Å². The van der Waals surface area contributed by atoms with Gasteiger partial charge in [0.05, 0.1) is 6.04 Å². The van der Waals surface area contributed by atoms with Crippen molar-refractivity contribution < 1.29 is 14.4 Å². The van der Waals surface area contributed by atoms with E-state index in [1.165, 1.54) is 0 Å². The average Bonchev–Trinajstić information content (AvgIpc) is 2.73. The van der Waals surface area contributed by atoms with Crippen LogP contribution in [-0.4, -0.2) is 17.6 Å². The van der Waals surface area contributed by atoms with E-state index in [4.69, 9.17) is 0 Å². The lowest BCUT2D eigenvalue weighted by atomic mass is 9.89. The molecule has 0 saturated carbocycles. The Balaban J connectivity index is 1.55. The molecule has 0 fully saturated rings. The Bertz CT molecular complexity index is 1030. The Morgan fingerprint density at radius 2 is 1.68 bits per heavy atom. The van der Waals surface area contributed by atoms with E-state index in [0.29, 0.717) is 24.8 Å². The zero-order valence-corrected chi connectivity index (χ0v) is 18.2. The Morgan fingerprint density at radius 3 is 2.32 bits per heavy atom. The largest absolute Gasteiger partial charge is 0.331 e. The highest BCUT2D eigenvalue weighted by Crippen LogP contribution is 2.25. The summed E-state index contributed by atoms with van der Waals surface area (Å²) in [6.45, 7) is 5.77. The summed E-state index contributed by atoms with van der Waals surface area (Å²) >= 11 is 0. The molecule has 2 aromatic rings. The number of anilines is 1. The summed E-state index contributed by atoms with van der Waals surface area (Å²) in [5.74, 6) is 0.127. The average molecular weight is 417 g/mol. The van der Waals surface area contributed by atoms with Gasteiger partial charge in [-0.3, -0.25) is 9.59 Å². The Labute approximate surface area is 183 Å². The van der Waals surface area contributed by atoms with Gasteiger partial charge in [-0.15, -0.1) is 0 Å². The Kier molecular flexibility index (Phi) is 7.19. The van der Waals surface area contributed by atoms with Gasteiger partial charge in [-0.1, -0.05) is 54.1 Å². The van der Waals surface area contributed by atoms with Crippen LogP contribution in [0.15, 0.2) is 77.4 Å². The number of amides is 2. The predicted molar refractivity (Wildman–Crippen MR) is 123 cm³/mol. The summed E-state index contributed by atoms with van der Waals surface area (Å²) in [5.41, 5.74) is 5.02. The molecule has 160 valence electrons. The molecule has 2 amide bonds. The molecule has 1 unspecified atom stereocenters. The van der Waals surface area contributed by atoms with Gasteiger partial charge in [-0.2, -0.15) is 0 Å². The van der Waals surface area contributed by atoms with Crippen LogP contribution in [0.2, 0.25) is 0 Å². The summed E-state index contributed by atoms with van der Waals surface area (Å²) in [4.78, 5) is 37.0. The highest BCUT2D eigenvalue weighted by Gasteiger charge is 2.19. The maximum absolute atomic E-state index is 12.6. The number of para-hydroxylation sites is 1. The molecule has 0 bridgehead atoms. The summed E-state index contributed by atoms with van der Waals surface area (Å²) < 4.78 is 0. The third-order valence-corrected chi connectivity index (χ3v) is 5.43. The number of hydrogen-bond acceptors (Lipinski definition) is 3. The van der Waals surface area contributed by atoms with E-state index in [0.717, 1.165) is 28.0 Å². The molecular formula is C26H28N2O3. The number of benzene rings is 2. The van der Waals surface area contributed by atoms with E-state index >= 15 is 0 Å². The first kappa shape index (κ1) is 22.2. The molecule has 0 aromatic heterocycles. The van der Waals surface area contributed by atoms with Crippen LogP contribution in [0.25, 0.3) is 0 Å². The summed E-state index contributed by atoms with van der Waals surface area (Å²) in [6, 6.07) is 16.0. The van der Waals surface area contributed by atoms with Crippen LogP contribution >= 0.6 is 0 Å². The minimum absolute atomic E-state index is 0.00774. The van der Waals surface area contributed by atoms with Gasteiger partial charge in [-0.05, 0) is 56.0 Å². The van der Waals surface area contributed by atoms with E-state index in [1.54, 1.807) is 12.1 Å². The molecule has 1 atom stereocenters. The number of ketones is 2. The highest BCUT2D eigenvalue weighted by atomic mass is 16.2. The molecule has 0 saturated heterocycles. The second-order valence-electron chi connectivity index (χ2n) is 7.98. The molecule has 5 nitrogen and oxygen atoms in total. The van der Waals surface area contributed by atoms with Gasteiger partial charge in [0.2, 0.25) is 0 Å². The molecular weight excluding hydrogens is 388 g/mol. The van der Waals surface area contributed by atoms with Gasteiger partial charge < -0.3 is 10.6 Å². The number of rotatable bonds is 7. The topological polar surface area (TPSA) is 75.3 Å². The lowest BCUT2D eigenvalue weighted by molar-refractivity contribution is -0.115. The van der Waals surface area contributed by atoms with Crippen molar-refractivity contribution in [2.45, 2.75) is 46.1 Å². The highest BCUT2D eigenvalue weighted by molar-refractivity contribution is 6.01. The van der Waals surface area contributed by atoms with Crippen molar-refractivity contribution in [3.63, 3.8) is 0 Å². The summed E-state index contributed by atoms with van der Waals surface area (Å²) in [6.07, 6.45) is 3.24. The van der Waals surface area contributed by atoms with Gasteiger partial charge >= 0.3 is 6.03 Å². The predicted octanol–water partition coefficient (Wildman–Crippen LogP) is 5.77. The molecule has 0 heterocycles. The normalized spacial score (nSPS) is 14.7. The Morgan fingerprint density at radius 1 is 1.00 bits per heavy atom. The van der Waals surface area contributed by atoms with Crippen LogP contribution in [0.1, 0.15) is 62.0 Å². The first-order valence-corrected chi connectivity index (χ1v) is 10.5. The number of Topliss-reactive ketones (excluding diaryl/α,β-unsaturated/α-hetero) is 2. The van der Waals surface area contributed by atoms with Crippen LogP contribution in [0.3, 0.4) is 0 Å². The van der Waals surface area contributed by atoms with Crippen molar-refractivity contribution in [2.24, 2.45) is 0 Å². The summed E-state index contributed by atoms with van der Waals surface area (Å²) in [5, 5.41) is 5.68. The van der Waals surface area contributed by atoms with Gasteiger partial charge in [0.1, 0.15) is 0 Å². The van der Waals surface area contributed by atoms with Crippen LogP contribution < -0.4 is 10.6 Å². The van der Waals surface area contributed by atoms with Crippen molar-refractivity contribution in [1.82, 2.24) is 5.32 Å².